The molecule has 5 rings (SSSR count). The predicted molar refractivity (Wildman–Crippen MR) is 143 cm³/mol. The minimum absolute atomic E-state index is 0.181. The van der Waals surface area contributed by atoms with Gasteiger partial charge in [0, 0.05) is 5.75 Å². The number of hydrogen-bond acceptors (Lipinski definition) is 5. The average molecular weight is 511 g/mol. The van der Waals surface area contributed by atoms with Crippen LogP contribution in [0.3, 0.4) is 0 Å². The van der Waals surface area contributed by atoms with Crippen LogP contribution in [-0.2, 0) is 25.5 Å². The first-order valence-corrected chi connectivity index (χ1v) is 13.1. The van der Waals surface area contributed by atoms with E-state index in [-0.39, 0.29) is 29.3 Å². The number of benzene rings is 3. The Bertz CT molecular complexity index is 1300. The van der Waals surface area contributed by atoms with Gasteiger partial charge in [-0.1, -0.05) is 104 Å². The molecule has 3 aromatic rings. The van der Waals surface area contributed by atoms with Crippen molar-refractivity contribution < 1.29 is 19.1 Å². The largest absolute Gasteiger partial charge is 0.448 e. The Labute approximate surface area is 220 Å². The van der Waals surface area contributed by atoms with Gasteiger partial charge in [0.2, 0.25) is 5.91 Å². The molecular weight excluding hydrogens is 484 g/mol. The van der Waals surface area contributed by atoms with E-state index in [1.165, 1.54) is 16.7 Å². The number of β-lactam (4-membered cyclic amide) rings is 1. The second-order valence-electron chi connectivity index (χ2n) is 8.80. The summed E-state index contributed by atoms with van der Waals surface area (Å²) in [6.45, 7) is 3.85. The van der Waals surface area contributed by atoms with E-state index < -0.39 is 18.1 Å². The van der Waals surface area contributed by atoms with Crippen molar-refractivity contribution in [2.75, 3.05) is 5.75 Å². The van der Waals surface area contributed by atoms with Crippen molar-refractivity contribution in [3.63, 3.8) is 0 Å². The molecule has 2 aliphatic heterocycles. The van der Waals surface area contributed by atoms with Crippen molar-refractivity contribution in [3.8, 4) is 0 Å². The molecule has 3 aromatic carbocycles. The highest BCUT2D eigenvalue weighted by atomic mass is 32.2. The Hall–Kier alpha value is -4.10. The van der Waals surface area contributed by atoms with Gasteiger partial charge in [-0.3, -0.25) is 14.5 Å². The lowest BCUT2D eigenvalue weighted by atomic mass is 10.0. The fourth-order valence-electron chi connectivity index (χ4n) is 4.54. The van der Waals surface area contributed by atoms with Crippen LogP contribution in [0.5, 0.6) is 0 Å². The second kappa shape index (κ2) is 10.9. The maximum absolute atomic E-state index is 13.6. The number of carbonyl (C=O) groups is 3. The summed E-state index contributed by atoms with van der Waals surface area (Å²) in [4.78, 5) is 40.9. The molecule has 0 spiro atoms. The molecule has 7 heteroatoms. The highest BCUT2D eigenvalue weighted by Crippen LogP contribution is 2.41. The lowest BCUT2D eigenvalue weighted by Gasteiger charge is -2.49. The van der Waals surface area contributed by atoms with E-state index in [1.54, 1.807) is 6.08 Å². The van der Waals surface area contributed by atoms with E-state index >= 15 is 0 Å². The molecule has 0 saturated carbocycles. The molecule has 0 aliphatic carbocycles. The van der Waals surface area contributed by atoms with E-state index in [2.05, 4.69) is 11.9 Å². The fourth-order valence-corrected chi connectivity index (χ4v) is 5.88. The first kappa shape index (κ1) is 24.6. The number of ether oxygens (including phenoxy) is 1. The van der Waals surface area contributed by atoms with Crippen LogP contribution >= 0.6 is 11.8 Å². The number of nitrogens with zero attached hydrogens (tertiary/aromatic N) is 1. The van der Waals surface area contributed by atoms with Crippen LogP contribution in [0.15, 0.2) is 115 Å². The Morgan fingerprint density at radius 1 is 0.973 bits per heavy atom. The molecular formula is C30H26N2O4S. The lowest BCUT2D eigenvalue weighted by molar-refractivity contribution is -0.154. The summed E-state index contributed by atoms with van der Waals surface area (Å²) < 4.78 is 6.06. The molecule has 2 amide bonds. The third-order valence-electron chi connectivity index (χ3n) is 6.39. The molecule has 6 nitrogen and oxygen atoms in total. The van der Waals surface area contributed by atoms with Crippen molar-refractivity contribution in [1.82, 2.24) is 10.2 Å². The van der Waals surface area contributed by atoms with Crippen molar-refractivity contribution in [3.05, 3.63) is 132 Å². The highest BCUT2D eigenvalue weighted by Gasteiger charge is 2.54. The molecule has 186 valence electrons. The molecule has 1 fully saturated rings. The van der Waals surface area contributed by atoms with E-state index in [9.17, 15) is 14.4 Å². The lowest BCUT2D eigenvalue weighted by Crippen LogP contribution is -2.70. The second-order valence-corrected chi connectivity index (χ2v) is 9.91. The molecule has 2 heterocycles. The van der Waals surface area contributed by atoms with Gasteiger partial charge < -0.3 is 10.1 Å². The van der Waals surface area contributed by atoms with Crippen LogP contribution in [0, 0.1) is 0 Å². The molecule has 0 aromatic heterocycles. The van der Waals surface area contributed by atoms with Gasteiger partial charge >= 0.3 is 5.97 Å². The van der Waals surface area contributed by atoms with E-state index in [4.69, 9.17) is 4.74 Å². The normalized spacial score (nSPS) is 18.6. The van der Waals surface area contributed by atoms with Gasteiger partial charge in [0.25, 0.3) is 5.91 Å². The molecule has 37 heavy (non-hydrogen) atoms. The average Bonchev–Trinajstić information content (AvgIpc) is 2.95. The minimum Gasteiger partial charge on any atom is -0.448 e. The number of esters is 1. The highest BCUT2D eigenvalue weighted by molar-refractivity contribution is 8.00. The minimum atomic E-state index is -0.700. The number of hydrogen-bond donors (Lipinski definition) is 1. The van der Waals surface area contributed by atoms with Crippen molar-refractivity contribution in [1.29, 1.82) is 0 Å². The van der Waals surface area contributed by atoms with Gasteiger partial charge in [0.1, 0.15) is 17.1 Å². The number of fused-ring (bicyclic) bond motifs is 1. The number of rotatable bonds is 8. The molecule has 1 saturated heterocycles. The first-order valence-electron chi connectivity index (χ1n) is 12.0. The predicted octanol–water partition coefficient (Wildman–Crippen LogP) is 4.40. The third kappa shape index (κ3) is 5.08. The van der Waals surface area contributed by atoms with E-state index in [0.717, 1.165) is 16.7 Å². The Morgan fingerprint density at radius 3 is 2.11 bits per heavy atom. The van der Waals surface area contributed by atoms with Gasteiger partial charge in [-0.2, -0.15) is 0 Å². The summed E-state index contributed by atoms with van der Waals surface area (Å²) in [5.74, 6) is -0.684. The monoisotopic (exact) mass is 510 g/mol. The van der Waals surface area contributed by atoms with Gasteiger partial charge in [-0.25, -0.2) is 4.79 Å². The maximum atomic E-state index is 13.6. The van der Waals surface area contributed by atoms with E-state index in [0.29, 0.717) is 11.3 Å². The summed E-state index contributed by atoms with van der Waals surface area (Å²) in [5.41, 5.74) is 3.34. The van der Waals surface area contributed by atoms with Crippen LogP contribution in [0.25, 0.3) is 0 Å². The van der Waals surface area contributed by atoms with Gasteiger partial charge in [0.05, 0.1) is 6.42 Å². The number of carbonyl (C=O) groups excluding carboxylic acids is 3. The number of thioether (sulfide) groups is 1. The SMILES string of the molecule is C=CC1=C(C(=O)OC(c2ccccc2)c2ccccc2)N2C(=O)C(NC(=O)Cc3ccccc3)[C@@H]2SC1. The molecule has 2 atom stereocenters. The quantitative estimate of drug-likeness (QED) is 0.359. The van der Waals surface area contributed by atoms with Crippen LogP contribution in [0.2, 0.25) is 0 Å². The Balaban J connectivity index is 1.35. The summed E-state index contributed by atoms with van der Waals surface area (Å²) >= 11 is 1.49. The molecule has 0 radical (unpaired) electrons. The third-order valence-corrected chi connectivity index (χ3v) is 7.69. The topological polar surface area (TPSA) is 75.7 Å². The summed E-state index contributed by atoms with van der Waals surface area (Å²) in [5, 5.41) is 2.46. The molecule has 1 N–H and O–H groups in total. The maximum Gasteiger partial charge on any atom is 0.356 e. The fraction of sp³-hybridized carbons (Fsp3) is 0.167. The zero-order valence-corrected chi connectivity index (χ0v) is 20.9. The van der Waals surface area contributed by atoms with Gasteiger partial charge in [-0.05, 0) is 22.3 Å². The van der Waals surface area contributed by atoms with Crippen LogP contribution in [0.4, 0.5) is 0 Å². The van der Waals surface area contributed by atoms with Crippen molar-refractivity contribution in [2.45, 2.75) is 23.9 Å². The summed E-state index contributed by atoms with van der Waals surface area (Å²) in [7, 11) is 0. The summed E-state index contributed by atoms with van der Waals surface area (Å²) in [6, 6.07) is 27.6. The first-order chi connectivity index (χ1) is 18.1. The zero-order valence-electron chi connectivity index (χ0n) is 20.1. The van der Waals surface area contributed by atoms with Crippen LogP contribution < -0.4 is 5.32 Å². The van der Waals surface area contributed by atoms with Crippen molar-refractivity contribution >= 4 is 29.5 Å². The molecule has 0 bridgehead atoms. The van der Waals surface area contributed by atoms with Gasteiger partial charge in [0.15, 0.2) is 6.10 Å². The molecule has 2 aliphatic rings. The zero-order chi connectivity index (χ0) is 25.8. The Morgan fingerprint density at radius 2 is 1.54 bits per heavy atom. The van der Waals surface area contributed by atoms with E-state index in [1.807, 2.05) is 91.0 Å². The van der Waals surface area contributed by atoms with Gasteiger partial charge in [-0.15, -0.1) is 11.8 Å². The number of amides is 2. The van der Waals surface area contributed by atoms with Crippen LogP contribution in [0.1, 0.15) is 22.8 Å². The number of allylic oxidation sites excluding steroid dienone is 1. The molecule has 1 unspecified atom stereocenters. The standard InChI is InChI=1S/C30H26N2O4S/c1-2-21-19-37-29-25(31-24(33)18-20-12-6-3-7-13-20)28(34)32(29)26(21)30(35)36-27(22-14-8-4-9-15-22)23-16-10-5-11-17-23/h2-17,25,27,29H,1,18-19H2,(H,31,33)/t25?,29-/m0/s1. The van der Waals surface area contributed by atoms with Crippen LogP contribution in [-0.4, -0.2) is 39.9 Å². The van der Waals surface area contributed by atoms with Crippen molar-refractivity contribution in [2.24, 2.45) is 0 Å². The Kier molecular flexibility index (Phi) is 7.23. The number of nitrogens with one attached hydrogen (secondary N) is 1. The smallest absolute Gasteiger partial charge is 0.356 e. The summed E-state index contributed by atoms with van der Waals surface area (Å²) in [6.07, 6.45) is 1.13.